The molecular formula is C18H12N4O5. The van der Waals surface area contributed by atoms with Crippen LogP contribution in [0.1, 0.15) is 0 Å². The molecule has 0 saturated carbocycles. The number of hydrogen-bond acceptors (Lipinski definition) is 7. The first-order valence-corrected chi connectivity index (χ1v) is 7.71. The summed E-state index contributed by atoms with van der Waals surface area (Å²) in [5.41, 5.74) is 1.14. The van der Waals surface area contributed by atoms with Gasteiger partial charge in [0.05, 0.1) is 15.5 Å². The maximum atomic E-state index is 12.0. The van der Waals surface area contributed by atoms with Crippen LogP contribution >= 0.6 is 0 Å². The molecule has 1 N–H and O–H groups in total. The number of aliphatic imine (C=N–C) groups is 1. The van der Waals surface area contributed by atoms with Gasteiger partial charge in [0.1, 0.15) is 5.71 Å². The Hall–Kier alpha value is -4.14. The van der Waals surface area contributed by atoms with Crippen molar-refractivity contribution in [2.45, 2.75) is 0 Å². The van der Waals surface area contributed by atoms with Gasteiger partial charge in [-0.3, -0.25) is 25.0 Å². The van der Waals surface area contributed by atoms with Gasteiger partial charge >= 0.3 is 0 Å². The van der Waals surface area contributed by atoms with Gasteiger partial charge in [-0.05, 0) is 30.4 Å². The van der Waals surface area contributed by atoms with Crippen molar-refractivity contribution in [2.24, 2.45) is 4.99 Å². The number of carbonyl (C=O) groups is 1. The molecule has 0 saturated heterocycles. The number of nitro benzene ring substituents is 2. The van der Waals surface area contributed by atoms with Crippen LogP contribution in [0.25, 0.3) is 0 Å². The third-order valence-corrected chi connectivity index (χ3v) is 3.59. The summed E-state index contributed by atoms with van der Waals surface area (Å²) in [6.45, 7) is 0. The Balaban J connectivity index is 1.88. The SMILES string of the molecule is O=C1C=CC(Nc2cccc([N+](=O)[O-])c2)=CC1=Nc1cccc([N+](=O)[O-])c1. The van der Waals surface area contributed by atoms with E-state index >= 15 is 0 Å². The van der Waals surface area contributed by atoms with Crippen molar-refractivity contribution >= 4 is 34.2 Å². The molecule has 0 aromatic heterocycles. The zero-order valence-electron chi connectivity index (χ0n) is 13.7. The fourth-order valence-electron chi connectivity index (χ4n) is 2.36. The van der Waals surface area contributed by atoms with Crippen molar-refractivity contribution in [2.75, 3.05) is 5.32 Å². The summed E-state index contributed by atoms with van der Waals surface area (Å²) >= 11 is 0. The van der Waals surface area contributed by atoms with Gasteiger partial charge in [-0.25, -0.2) is 4.99 Å². The lowest BCUT2D eigenvalue weighted by molar-refractivity contribution is -0.385. The smallest absolute Gasteiger partial charge is 0.271 e. The highest BCUT2D eigenvalue weighted by molar-refractivity contribution is 6.49. The molecule has 0 bridgehead atoms. The van der Waals surface area contributed by atoms with E-state index in [0.717, 1.165) is 0 Å². The van der Waals surface area contributed by atoms with E-state index in [1.807, 2.05) is 0 Å². The summed E-state index contributed by atoms with van der Waals surface area (Å²) in [6.07, 6.45) is 4.30. The van der Waals surface area contributed by atoms with Crippen LogP contribution in [0.4, 0.5) is 22.7 Å². The molecule has 0 spiro atoms. The number of rotatable bonds is 5. The summed E-state index contributed by atoms with van der Waals surface area (Å²) in [7, 11) is 0. The Bertz CT molecular complexity index is 1040. The monoisotopic (exact) mass is 364 g/mol. The summed E-state index contributed by atoms with van der Waals surface area (Å²) in [5, 5.41) is 24.7. The number of nitrogens with one attached hydrogen (secondary N) is 1. The first kappa shape index (κ1) is 17.7. The fraction of sp³-hybridized carbons (Fsp3) is 0. The van der Waals surface area contributed by atoms with Crippen molar-refractivity contribution in [3.63, 3.8) is 0 Å². The van der Waals surface area contributed by atoms with E-state index in [1.54, 1.807) is 12.1 Å². The first-order valence-electron chi connectivity index (χ1n) is 7.71. The molecule has 9 nitrogen and oxygen atoms in total. The molecule has 0 fully saturated rings. The van der Waals surface area contributed by atoms with Crippen molar-refractivity contribution < 1.29 is 14.6 Å². The van der Waals surface area contributed by atoms with Gasteiger partial charge in [0.2, 0.25) is 5.78 Å². The third-order valence-electron chi connectivity index (χ3n) is 3.59. The Morgan fingerprint density at radius 2 is 1.56 bits per heavy atom. The van der Waals surface area contributed by atoms with Crippen molar-refractivity contribution in [1.82, 2.24) is 0 Å². The van der Waals surface area contributed by atoms with Crippen LogP contribution in [0.15, 0.2) is 77.4 Å². The molecular weight excluding hydrogens is 352 g/mol. The second-order valence-electron chi connectivity index (χ2n) is 5.50. The van der Waals surface area contributed by atoms with Gasteiger partial charge < -0.3 is 5.32 Å². The number of allylic oxidation sites excluding steroid dienone is 3. The average molecular weight is 364 g/mol. The average Bonchev–Trinajstić information content (AvgIpc) is 2.65. The van der Waals surface area contributed by atoms with Gasteiger partial charge in [0.15, 0.2) is 0 Å². The number of benzene rings is 2. The number of carbonyl (C=O) groups excluding carboxylic acids is 1. The largest absolute Gasteiger partial charge is 0.355 e. The molecule has 2 aromatic rings. The molecule has 1 aliphatic carbocycles. The molecule has 0 heterocycles. The van der Waals surface area contributed by atoms with Crippen LogP contribution in [0, 0.1) is 20.2 Å². The van der Waals surface area contributed by atoms with Crippen molar-refractivity contribution in [3.8, 4) is 0 Å². The predicted molar refractivity (Wildman–Crippen MR) is 99.1 cm³/mol. The molecule has 0 aliphatic heterocycles. The normalized spacial score (nSPS) is 14.7. The van der Waals surface area contributed by atoms with E-state index in [9.17, 15) is 25.0 Å². The maximum absolute atomic E-state index is 12.0. The van der Waals surface area contributed by atoms with Gasteiger partial charge in [-0.15, -0.1) is 0 Å². The van der Waals surface area contributed by atoms with E-state index in [0.29, 0.717) is 11.4 Å². The molecule has 3 rings (SSSR count). The molecule has 0 atom stereocenters. The van der Waals surface area contributed by atoms with Crippen LogP contribution in [0.3, 0.4) is 0 Å². The second kappa shape index (κ2) is 7.40. The number of non-ortho nitro benzene ring substituents is 2. The number of nitro groups is 2. The molecule has 0 unspecified atom stereocenters. The molecule has 0 amide bonds. The Kier molecular flexibility index (Phi) is 4.84. The fourth-order valence-corrected chi connectivity index (χ4v) is 2.36. The lowest BCUT2D eigenvalue weighted by Crippen LogP contribution is -2.15. The Labute approximate surface area is 152 Å². The maximum Gasteiger partial charge on any atom is 0.271 e. The highest BCUT2D eigenvalue weighted by Crippen LogP contribution is 2.22. The van der Waals surface area contributed by atoms with E-state index in [4.69, 9.17) is 0 Å². The highest BCUT2D eigenvalue weighted by atomic mass is 16.6. The molecule has 27 heavy (non-hydrogen) atoms. The first-order chi connectivity index (χ1) is 12.9. The third kappa shape index (κ3) is 4.28. The van der Waals surface area contributed by atoms with E-state index in [1.165, 1.54) is 54.6 Å². The number of hydrogen-bond donors (Lipinski definition) is 1. The predicted octanol–water partition coefficient (Wildman–Crippen LogP) is 3.71. The quantitative estimate of drug-likeness (QED) is 0.489. The lowest BCUT2D eigenvalue weighted by Gasteiger charge is -2.11. The minimum atomic E-state index is -0.544. The van der Waals surface area contributed by atoms with Gasteiger partial charge in [0, 0.05) is 35.6 Å². The summed E-state index contributed by atoms with van der Waals surface area (Å²) in [6, 6.07) is 11.5. The number of nitrogens with zero attached hydrogens (tertiary/aromatic N) is 3. The zero-order chi connectivity index (χ0) is 19.4. The summed E-state index contributed by atoms with van der Waals surface area (Å²) < 4.78 is 0. The molecule has 0 radical (unpaired) electrons. The number of ketones is 1. The summed E-state index contributed by atoms with van der Waals surface area (Å²) in [5.74, 6) is -0.355. The van der Waals surface area contributed by atoms with E-state index in [-0.39, 0.29) is 28.6 Å². The topological polar surface area (TPSA) is 128 Å². The van der Waals surface area contributed by atoms with Crippen molar-refractivity contribution in [3.05, 3.63) is 92.7 Å². The van der Waals surface area contributed by atoms with Crippen LogP contribution in [-0.4, -0.2) is 21.3 Å². The second-order valence-corrected chi connectivity index (χ2v) is 5.50. The molecule has 9 heteroatoms. The van der Waals surface area contributed by atoms with E-state index in [2.05, 4.69) is 10.3 Å². The van der Waals surface area contributed by atoms with Crippen LogP contribution in [0.2, 0.25) is 0 Å². The number of anilines is 1. The molecule has 2 aromatic carbocycles. The van der Waals surface area contributed by atoms with Crippen LogP contribution < -0.4 is 5.32 Å². The summed E-state index contributed by atoms with van der Waals surface area (Å²) in [4.78, 5) is 36.9. The van der Waals surface area contributed by atoms with Gasteiger partial charge in [-0.2, -0.15) is 0 Å². The van der Waals surface area contributed by atoms with E-state index < -0.39 is 9.85 Å². The molecule has 1 aliphatic rings. The lowest BCUT2D eigenvalue weighted by atomic mass is 10.1. The van der Waals surface area contributed by atoms with Gasteiger partial charge in [0.25, 0.3) is 11.4 Å². The van der Waals surface area contributed by atoms with Crippen molar-refractivity contribution in [1.29, 1.82) is 0 Å². The highest BCUT2D eigenvalue weighted by Gasteiger charge is 2.14. The Morgan fingerprint density at radius 1 is 0.889 bits per heavy atom. The zero-order valence-corrected chi connectivity index (χ0v) is 13.7. The molecule has 134 valence electrons. The minimum Gasteiger partial charge on any atom is -0.355 e. The van der Waals surface area contributed by atoms with Crippen LogP contribution in [0.5, 0.6) is 0 Å². The Morgan fingerprint density at radius 3 is 2.26 bits per heavy atom. The minimum absolute atomic E-state index is 0.0676. The van der Waals surface area contributed by atoms with Crippen LogP contribution in [-0.2, 0) is 4.79 Å². The van der Waals surface area contributed by atoms with Gasteiger partial charge in [-0.1, -0.05) is 12.1 Å². The standard InChI is InChI=1S/C18H12N4O5/c23-18-8-7-14(19-12-3-1-5-15(9-12)21(24)25)11-17(18)20-13-4-2-6-16(10-13)22(26)27/h1-11,19H.